The highest BCUT2D eigenvalue weighted by atomic mass is 35.5. The van der Waals surface area contributed by atoms with E-state index in [1.807, 2.05) is 13.0 Å². The van der Waals surface area contributed by atoms with Crippen molar-refractivity contribution in [3.05, 3.63) is 52.5 Å². The van der Waals surface area contributed by atoms with Gasteiger partial charge in [0.1, 0.15) is 0 Å². The summed E-state index contributed by atoms with van der Waals surface area (Å²) in [5.74, 6) is -0.817. The van der Waals surface area contributed by atoms with Gasteiger partial charge in [0, 0.05) is 12.6 Å². The normalized spacial score (nSPS) is 15.6. The van der Waals surface area contributed by atoms with E-state index in [2.05, 4.69) is 10.6 Å². The van der Waals surface area contributed by atoms with Crippen LogP contribution in [0.4, 0.5) is 11.4 Å². The van der Waals surface area contributed by atoms with Gasteiger partial charge in [-0.3, -0.25) is 9.59 Å². The molecule has 1 fully saturated rings. The van der Waals surface area contributed by atoms with Gasteiger partial charge in [-0.15, -0.1) is 0 Å². The van der Waals surface area contributed by atoms with Gasteiger partial charge in [0.2, 0.25) is 11.8 Å². The quantitative estimate of drug-likeness (QED) is 0.696. The Balaban J connectivity index is 1.97. The second kappa shape index (κ2) is 8.40. The molecule has 2 aromatic rings. The fraction of sp³-hybridized carbons (Fsp3) is 0.364. The van der Waals surface area contributed by atoms with Crippen molar-refractivity contribution in [1.82, 2.24) is 0 Å². The number of amides is 2. The van der Waals surface area contributed by atoms with E-state index >= 15 is 0 Å². The average molecular weight is 449 g/mol. The topological polar surface area (TPSA) is 92.3 Å². The van der Waals surface area contributed by atoms with Gasteiger partial charge >= 0.3 is 0 Å². The molecule has 160 valence electrons. The molecule has 0 radical (unpaired) electrons. The summed E-state index contributed by atoms with van der Waals surface area (Å²) in [6.45, 7) is 4.95. The molecule has 0 aliphatic heterocycles. The van der Waals surface area contributed by atoms with Crippen molar-refractivity contribution < 1.29 is 18.0 Å². The van der Waals surface area contributed by atoms with Crippen molar-refractivity contribution in [3.8, 4) is 0 Å². The molecule has 30 heavy (non-hydrogen) atoms. The van der Waals surface area contributed by atoms with Gasteiger partial charge in [-0.2, -0.15) is 0 Å². The van der Waals surface area contributed by atoms with E-state index in [-0.39, 0.29) is 28.7 Å². The minimum absolute atomic E-state index is 0.201. The number of carbonyl (C=O) groups excluding carboxylic acids is 2. The smallest absolute Gasteiger partial charge is 0.246 e. The molecule has 2 aromatic carbocycles. The second-order valence-electron chi connectivity index (χ2n) is 7.80. The van der Waals surface area contributed by atoms with Gasteiger partial charge in [-0.05, 0) is 62.1 Å². The lowest BCUT2D eigenvalue weighted by molar-refractivity contribution is -0.118. The number of anilines is 2. The van der Waals surface area contributed by atoms with Crippen LogP contribution in [0, 0.1) is 13.8 Å². The highest BCUT2D eigenvalue weighted by Crippen LogP contribution is 2.43. The summed E-state index contributed by atoms with van der Waals surface area (Å²) in [5.41, 5.74) is 2.24. The number of nitrogens with one attached hydrogen (secondary N) is 2. The lowest BCUT2D eigenvalue weighted by atomic mass is 10.1. The van der Waals surface area contributed by atoms with Crippen molar-refractivity contribution in [3.63, 3.8) is 0 Å². The van der Waals surface area contributed by atoms with E-state index < -0.39 is 20.5 Å². The molecule has 2 N–H and O–H groups in total. The van der Waals surface area contributed by atoms with Gasteiger partial charge in [-0.25, -0.2) is 8.42 Å². The summed E-state index contributed by atoms with van der Waals surface area (Å²) in [4.78, 5) is 24.8. The van der Waals surface area contributed by atoms with Crippen LogP contribution in [0.15, 0.2) is 41.3 Å². The number of halogens is 1. The second-order valence-corrected chi connectivity index (χ2v) is 10.4. The zero-order valence-corrected chi connectivity index (χ0v) is 18.8. The Labute approximate surface area is 181 Å². The van der Waals surface area contributed by atoms with Crippen LogP contribution in [0.2, 0.25) is 5.02 Å². The molecule has 1 aliphatic carbocycles. The Hall–Kier alpha value is -2.38. The van der Waals surface area contributed by atoms with Crippen LogP contribution in [0.25, 0.3) is 0 Å². The Morgan fingerprint density at radius 2 is 1.67 bits per heavy atom. The molecule has 1 aliphatic rings. The number of sulfone groups is 1. The Bertz CT molecular complexity index is 1110. The highest BCUT2D eigenvalue weighted by molar-refractivity contribution is 7.93. The summed E-state index contributed by atoms with van der Waals surface area (Å²) in [5, 5.41) is 5.55. The molecule has 0 unspecified atom stereocenters. The Morgan fingerprint density at radius 3 is 2.27 bits per heavy atom. The van der Waals surface area contributed by atoms with E-state index in [9.17, 15) is 18.0 Å². The van der Waals surface area contributed by atoms with Gasteiger partial charge in [0.15, 0.2) is 14.6 Å². The molecule has 1 saturated carbocycles. The number of carbonyl (C=O) groups is 2. The van der Waals surface area contributed by atoms with Crippen LogP contribution in [-0.2, 0) is 19.4 Å². The maximum Gasteiger partial charge on any atom is 0.246 e. The Kier molecular flexibility index (Phi) is 6.24. The molecule has 0 saturated heterocycles. The van der Waals surface area contributed by atoms with E-state index in [4.69, 9.17) is 11.6 Å². The molecular formula is C22H25ClN2O4S. The van der Waals surface area contributed by atoms with Gasteiger partial charge in [0.05, 0.1) is 15.6 Å². The summed E-state index contributed by atoms with van der Waals surface area (Å²) in [6.07, 6.45) is 1.84. The SMILES string of the molecule is CC(=O)Nc1ccc(NC(=O)C2(S(=O)(=O)c3cc(C)ccc3C)CCCC2)c(Cl)c1. The number of rotatable bonds is 5. The fourth-order valence-electron chi connectivity index (χ4n) is 3.90. The van der Waals surface area contributed by atoms with Crippen molar-refractivity contribution in [1.29, 1.82) is 0 Å². The van der Waals surface area contributed by atoms with Crippen molar-refractivity contribution >= 4 is 44.6 Å². The van der Waals surface area contributed by atoms with Crippen molar-refractivity contribution in [2.45, 2.75) is 56.1 Å². The Morgan fingerprint density at radius 1 is 1.00 bits per heavy atom. The van der Waals surface area contributed by atoms with Crippen LogP contribution in [0.3, 0.4) is 0 Å². The van der Waals surface area contributed by atoms with Crippen molar-refractivity contribution in [2.24, 2.45) is 0 Å². The molecule has 3 rings (SSSR count). The summed E-state index contributed by atoms with van der Waals surface area (Å²) in [6, 6.07) is 9.92. The first-order valence-corrected chi connectivity index (χ1v) is 11.6. The predicted octanol–water partition coefficient (Wildman–Crippen LogP) is 4.64. The van der Waals surface area contributed by atoms with Crippen LogP contribution in [0.5, 0.6) is 0 Å². The average Bonchev–Trinajstić information content (AvgIpc) is 3.17. The molecule has 6 nitrogen and oxygen atoms in total. The first-order valence-electron chi connectivity index (χ1n) is 9.77. The zero-order chi connectivity index (χ0) is 22.1. The first-order chi connectivity index (χ1) is 14.1. The molecule has 0 atom stereocenters. The van der Waals surface area contributed by atoms with Crippen LogP contribution in [0.1, 0.15) is 43.7 Å². The number of hydrogen-bond donors (Lipinski definition) is 2. The highest BCUT2D eigenvalue weighted by Gasteiger charge is 2.53. The maximum atomic E-state index is 13.7. The number of hydrogen-bond acceptors (Lipinski definition) is 4. The minimum atomic E-state index is -3.92. The zero-order valence-electron chi connectivity index (χ0n) is 17.2. The summed E-state index contributed by atoms with van der Waals surface area (Å²) < 4.78 is 25.8. The molecular weight excluding hydrogens is 424 g/mol. The first kappa shape index (κ1) is 22.3. The molecule has 0 spiro atoms. The molecule has 2 amide bonds. The van der Waals surface area contributed by atoms with Crippen LogP contribution >= 0.6 is 11.6 Å². The van der Waals surface area contributed by atoms with Crippen LogP contribution in [-0.4, -0.2) is 25.0 Å². The monoisotopic (exact) mass is 448 g/mol. The number of aryl methyl sites for hydroxylation is 2. The van der Waals surface area contributed by atoms with Gasteiger partial charge < -0.3 is 10.6 Å². The molecule has 0 aromatic heterocycles. The van der Waals surface area contributed by atoms with Crippen molar-refractivity contribution in [2.75, 3.05) is 10.6 Å². The standard InChI is InChI=1S/C22H25ClN2O4S/c1-14-6-7-15(2)20(12-14)30(28,29)22(10-4-5-11-22)21(27)25-19-9-8-17(13-18(19)23)24-16(3)26/h6-9,12-13H,4-5,10-11H2,1-3H3,(H,24,26)(H,25,27). The fourth-order valence-corrected chi connectivity index (χ4v) is 6.51. The van der Waals surface area contributed by atoms with E-state index in [1.54, 1.807) is 31.2 Å². The lowest BCUT2D eigenvalue weighted by Gasteiger charge is -2.28. The van der Waals surface area contributed by atoms with Gasteiger partial charge in [-0.1, -0.05) is 36.6 Å². The minimum Gasteiger partial charge on any atom is -0.326 e. The van der Waals surface area contributed by atoms with Gasteiger partial charge in [0.25, 0.3) is 0 Å². The molecule has 8 heteroatoms. The van der Waals surface area contributed by atoms with E-state index in [0.717, 1.165) is 5.56 Å². The lowest BCUT2D eigenvalue weighted by Crippen LogP contribution is -2.47. The predicted molar refractivity (Wildman–Crippen MR) is 119 cm³/mol. The number of benzene rings is 2. The third kappa shape index (κ3) is 4.09. The third-order valence-corrected chi connectivity index (χ3v) is 8.46. The molecule has 0 bridgehead atoms. The molecule has 0 heterocycles. The van der Waals surface area contributed by atoms with E-state index in [0.29, 0.717) is 29.8 Å². The van der Waals surface area contributed by atoms with Crippen LogP contribution < -0.4 is 10.6 Å². The summed E-state index contributed by atoms with van der Waals surface area (Å²) >= 11 is 6.27. The largest absolute Gasteiger partial charge is 0.326 e. The maximum absolute atomic E-state index is 13.7. The summed E-state index contributed by atoms with van der Waals surface area (Å²) in [7, 11) is -3.92. The third-order valence-electron chi connectivity index (χ3n) is 5.51. The van der Waals surface area contributed by atoms with E-state index in [1.165, 1.54) is 13.0 Å².